The molecule has 0 spiro atoms. The number of rotatable bonds is 2. The molecule has 1 atom stereocenters. The third kappa shape index (κ3) is 2.27. The number of amides is 1. The van der Waals surface area contributed by atoms with Crippen molar-refractivity contribution in [2.24, 2.45) is 0 Å². The summed E-state index contributed by atoms with van der Waals surface area (Å²) in [5.74, 6) is 1.59. The smallest absolute Gasteiger partial charge is 0.246 e. The van der Waals surface area contributed by atoms with Crippen LogP contribution in [-0.4, -0.2) is 32.1 Å². The van der Waals surface area contributed by atoms with Crippen LogP contribution in [0.3, 0.4) is 0 Å². The van der Waals surface area contributed by atoms with E-state index in [1.807, 2.05) is 6.92 Å². The zero-order valence-electron chi connectivity index (χ0n) is 11.2. The molecule has 3 heterocycles. The zero-order chi connectivity index (χ0) is 14.3. The normalized spacial score (nSPS) is 17.1. The Bertz CT molecular complexity index is 683. The van der Waals surface area contributed by atoms with Crippen LogP contribution in [0.1, 0.15) is 17.8 Å². The Morgan fingerprint density at radius 3 is 2.75 bits per heavy atom. The van der Waals surface area contributed by atoms with E-state index in [1.165, 1.54) is 11.3 Å². The maximum atomic E-state index is 11.8. The van der Waals surface area contributed by atoms with Gasteiger partial charge in [0.05, 0.1) is 0 Å². The topological polar surface area (TPSA) is 105 Å². The predicted octanol–water partition coefficient (Wildman–Crippen LogP) is 1.44. The minimum atomic E-state index is -0.326. The fraction of sp³-hybridized carbons (Fsp3) is 0.364. The summed E-state index contributed by atoms with van der Waals surface area (Å²) in [5.41, 5.74) is 0.534. The molecule has 3 rings (SSSR count). The van der Waals surface area contributed by atoms with E-state index in [0.29, 0.717) is 28.3 Å². The number of fused-ring (bicyclic) bond motifs is 1. The van der Waals surface area contributed by atoms with E-state index in [-0.39, 0.29) is 11.9 Å². The Labute approximate surface area is 119 Å². The first-order valence-corrected chi connectivity index (χ1v) is 6.88. The lowest BCUT2D eigenvalue weighted by Crippen LogP contribution is -2.37. The van der Waals surface area contributed by atoms with Crippen molar-refractivity contribution in [2.75, 3.05) is 16.0 Å². The monoisotopic (exact) mass is 291 g/mol. The molecule has 0 radical (unpaired) electrons. The molecule has 1 amide bonds. The van der Waals surface area contributed by atoms with Gasteiger partial charge in [-0.25, -0.2) is 9.97 Å². The van der Waals surface area contributed by atoms with Crippen molar-refractivity contribution in [2.45, 2.75) is 26.8 Å². The van der Waals surface area contributed by atoms with Gasteiger partial charge in [-0.1, -0.05) is 11.3 Å². The van der Waals surface area contributed by atoms with Gasteiger partial charge in [0.15, 0.2) is 11.6 Å². The molecule has 20 heavy (non-hydrogen) atoms. The van der Waals surface area contributed by atoms with Crippen molar-refractivity contribution in [3.63, 3.8) is 0 Å². The maximum Gasteiger partial charge on any atom is 0.246 e. The number of carbonyl (C=O) groups is 1. The van der Waals surface area contributed by atoms with Gasteiger partial charge in [0.25, 0.3) is 0 Å². The molecule has 0 saturated heterocycles. The Hall–Kier alpha value is -2.29. The average Bonchev–Trinajstić information content (AvgIpc) is 2.77. The van der Waals surface area contributed by atoms with Gasteiger partial charge in [-0.15, -0.1) is 10.2 Å². The molecule has 0 fully saturated rings. The maximum absolute atomic E-state index is 11.8. The molecule has 1 aliphatic heterocycles. The van der Waals surface area contributed by atoms with Crippen LogP contribution in [0.25, 0.3) is 0 Å². The summed E-state index contributed by atoms with van der Waals surface area (Å²) in [7, 11) is 0. The van der Waals surface area contributed by atoms with E-state index in [9.17, 15) is 4.79 Å². The van der Waals surface area contributed by atoms with Crippen LogP contribution >= 0.6 is 11.3 Å². The first kappa shape index (κ1) is 12.7. The third-order valence-electron chi connectivity index (χ3n) is 2.77. The molecule has 0 aliphatic carbocycles. The third-order valence-corrected chi connectivity index (χ3v) is 3.52. The number of nitrogens with one attached hydrogen (secondary N) is 3. The van der Waals surface area contributed by atoms with E-state index in [0.717, 1.165) is 5.01 Å². The summed E-state index contributed by atoms with van der Waals surface area (Å²) >= 11 is 1.41. The van der Waals surface area contributed by atoms with E-state index >= 15 is 0 Å². The van der Waals surface area contributed by atoms with Crippen molar-refractivity contribution in [3.8, 4) is 0 Å². The summed E-state index contributed by atoms with van der Waals surface area (Å²) in [6, 6.07) is -0.326. The van der Waals surface area contributed by atoms with Crippen LogP contribution in [0.4, 0.5) is 22.5 Å². The van der Waals surface area contributed by atoms with Crippen molar-refractivity contribution >= 4 is 39.7 Å². The second kappa shape index (κ2) is 4.67. The van der Waals surface area contributed by atoms with E-state index in [2.05, 4.69) is 36.1 Å². The quantitative estimate of drug-likeness (QED) is 0.769. The summed E-state index contributed by atoms with van der Waals surface area (Å²) in [4.78, 5) is 20.4. The minimum absolute atomic E-state index is 0.124. The number of hydrogen-bond acceptors (Lipinski definition) is 8. The Balaban J connectivity index is 2.00. The van der Waals surface area contributed by atoms with E-state index < -0.39 is 0 Å². The van der Waals surface area contributed by atoms with Gasteiger partial charge in [-0.05, 0) is 20.8 Å². The fourth-order valence-corrected chi connectivity index (χ4v) is 2.43. The number of anilines is 4. The highest BCUT2D eigenvalue weighted by Gasteiger charge is 2.26. The average molecular weight is 291 g/mol. The number of nitrogens with zero attached hydrogens (tertiary/aromatic N) is 4. The second-order valence-corrected chi connectivity index (χ2v) is 5.63. The van der Waals surface area contributed by atoms with Gasteiger partial charge >= 0.3 is 0 Å². The SMILES string of the molecule is Cc1nc(Nc2nnc(C)s2)c2c(n1)NC(C)C(=O)N2. The van der Waals surface area contributed by atoms with Crippen LogP contribution in [0.15, 0.2) is 0 Å². The molecule has 1 aliphatic rings. The van der Waals surface area contributed by atoms with E-state index in [4.69, 9.17) is 0 Å². The summed E-state index contributed by atoms with van der Waals surface area (Å²) in [6.45, 7) is 5.44. The largest absolute Gasteiger partial charge is 0.357 e. The molecule has 0 bridgehead atoms. The van der Waals surface area contributed by atoms with Crippen LogP contribution in [0.2, 0.25) is 0 Å². The minimum Gasteiger partial charge on any atom is -0.357 e. The molecular weight excluding hydrogens is 278 g/mol. The molecule has 2 aromatic heterocycles. The lowest BCUT2D eigenvalue weighted by Gasteiger charge is -2.24. The van der Waals surface area contributed by atoms with Crippen LogP contribution in [-0.2, 0) is 4.79 Å². The highest BCUT2D eigenvalue weighted by molar-refractivity contribution is 7.15. The summed E-state index contributed by atoms with van der Waals surface area (Å²) in [6.07, 6.45) is 0. The van der Waals surface area contributed by atoms with Gasteiger partial charge < -0.3 is 16.0 Å². The molecule has 8 nitrogen and oxygen atoms in total. The molecule has 9 heteroatoms. The van der Waals surface area contributed by atoms with Gasteiger partial charge in [-0.2, -0.15) is 0 Å². The van der Waals surface area contributed by atoms with Crippen molar-refractivity contribution in [1.29, 1.82) is 0 Å². The van der Waals surface area contributed by atoms with Crippen LogP contribution in [0, 0.1) is 13.8 Å². The van der Waals surface area contributed by atoms with Crippen molar-refractivity contribution in [3.05, 3.63) is 10.8 Å². The lowest BCUT2D eigenvalue weighted by molar-refractivity contribution is -0.116. The molecule has 1 unspecified atom stereocenters. The number of aromatic nitrogens is 4. The molecule has 3 N–H and O–H groups in total. The van der Waals surface area contributed by atoms with Gasteiger partial charge in [0, 0.05) is 0 Å². The number of carbonyl (C=O) groups excluding carboxylic acids is 1. The second-order valence-electron chi connectivity index (χ2n) is 4.45. The van der Waals surface area contributed by atoms with Gasteiger partial charge in [0.1, 0.15) is 22.6 Å². The van der Waals surface area contributed by atoms with Crippen molar-refractivity contribution < 1.29 is 4.79 Å². The lowest BCUT2D eigenvalue weighted by atomic mass is 10.2. The number of hydrogen-bond donors (Lipinski definition) is 3. The summed E-state index contributed by atoms with van der Waals surface area (Å²) < 4.78 is 0. The molecule has 2 aromatic rings. The zero-order valence-corrected chi connectivity index (χ0v) is 12.0. The molecule has 0 saturated carbocycles. The Morgan fingerprint density at radius 1 is 1.25 bits per heavy atom. The predicted molar refractivity (Wildman–Crippen MR) is 76.4 cm³/mol. The van der Waals surface area contributed by atoms with Gasteiger partial charge in [0.2, 0.25) is 11.0 Å². The Kier molecular flexibility index (Phi) is 2.97. The van der Waals surface area contributed by atoms with Crippen LogP contribution in [0.5, 0.6) is 0 Å². The summed E-state index contributed by atoms with van der Waals surface area (Å²) in [5, 5.41) is 18.3. The molecule has 0 aromatic carbocycles. The molecular formula is C11H13N7OS. The van der Waals surface area contributed by atoms with Crippen molar-refractivity contribution in [1.82, 2.24) is 20.2 Å². The standard InChI is InChI=1S/C11H13N7OS/c1-4-10(19)15-7-8(12-4)13-5(2)14-9(7)16-11-18-17-6(3)20-11/h4H,1-3H3,(H,15,19)(H2,12,13,14,16,18). The molecule has 104 valence electrons. The fourth-order valence-electron chi connectivity index (χ4n) is 1.84. The highest BCUT2D eigenvalue weighted by atomic mass is 32.1. The van der Waals surface area contributed by atoms with Crippen LogP contribution < -0.4 is 16.0 Å². The first-order chi connectivity index (χ1) is 9.52. The van der Waals surface area contributed by atoms with Gasteiger partial charge in [-0.3, -0.25) is 4.79 Å². The number of aryl methyl sites for hydroxylation is 2. The Morgan fingerprint density at radius 2 is 2.05 bits per heavy atom. The highest BCUT2D eigenvalue weighted by Crippen LogP contribution is 2.33. The first-order valence-electron chi connectivity index (χ1n) is 6.06. The van der Waals surface area contributed by atoms with E-state index in [1.54, 1.807) is 13.8 Å².